The van der Waals surface area contributed by atoms with E-state index in [1.807, 2.05) is 72.8 Å². The van der Waals surface area contributed by atoms with Gasteiger partial charge in [-0.2, -0.15) is 0 Å². The highest BCUT2D eigenvalue weighted by atomic mass is 16.6. The maximum absolute atomic E-state index is 14.7. The SMILES string of the molecule is O=C1OCCCC/C=C\[C@H]2O[C@]34C=CCN(Cn5nnc6ccccc65)C(=O)C3N([C@@H](CO)Cc3ccccc3)C(=O)[C@@H]4[C@@H]12. The van der Waals surface area contributed by atoms with Crippen LogP contribution in [0.4, 0.5) is 0 Å². The number of ether oxygens (including phenoxy) is 2. The monoisotopic (exact) mass is 597 g/mol. The van der Waals surface area contributed by atoms with Crippen molar-refractivity contribution in [3.8, 4) is 0 Å². The molecule has 3 aromatic rings. The van der Waals surface area contributed by atoms with E-state index in [4.69, 9.17) is 9.47 Å². The summed E-state index contributed by atoms with van der Waals surface area (Å²) in [6, 6.07) is 15.2. The van der Waals surface area contributed by atoms with Gasteiger partial charge in [0, 0.05) is 6.54 Å². The number of rotatable bonds is 6. The number of hydrogen-bond acceptors (Lipinski definition) is 8. The molecular weight excluding hydrogens is 562 g/mol. The second-order valence-electron chi connectivity index (χ2n) is 11.9. The van der Waals surface area contributed by atoms with Crippen molar-refractivity contribution < 1.29 is 29.0 Å². The van der Waals surface area contributed by atoms with E-state index in [1.165, 1.54) is 4.90 Å². The van der Waals surface area contributed by atoms with Crippen LogP contribution in [0.5, 0.6) is 0 Å². The van der Waals surface area contributed by atoms with Gasteiger partial charge >= 0.3 is 5.97 Å². The minimum atomic E-state index is -1.43. The molecule has 7 rings (SSSR count). The summed E-state index contributed by atoms with van der Waals surface area (Å²) in [4.78, 5) is 46.0. The first kappa shape index (κ1) is 28.4. The Morgan fingerprint density at radius 1 is 1.00 bits per heavy atom. The van der Waals surface area contributed by atoms with Crippen LogP contribution in [0.1, 0.15) is 24.8 Å². The minimum absolute atomic E-state index is 0.0975. The van der Waals surface area contributed by atoms with Gasteiger partial charge in [-0.1, -0.05) is 72.0 Å². The highest BCUT2D eigenvalue weighted by Gasteiger charge is 2.72. The van der Waals surface area contributed by atoms with Gasteiger partial charge < -0.3 is 24.4 Å². The molecule has 1 N–H and O–H groups in total. The highest BCUT2D eigenvalue weighted by Crippen LogP contribution is 2.53. The molecule has 2 saturated heterocycles. The summed E-state index contributed by atoms with van der Waals surface area (Å²) in [6.45, 7) is 0.226. The fourth-order valence-corrected chi connectivity index (χ4v) is 7.24. The Bertz CT molecular complexity index is 1620. The average molecular weight is 598 g/mol. The smallest absolute Gasteiger partial charge is 0.312 e. The molecule has 1 unspecified atom stereocenters. The van der Waals surface area contributed by atoms with Crippen molar-refractivity contribution in [2.45, 2.75) is 56.1 Å². The number of aromatic nitrogens is 3. The number of cyclic esters (lactones) is 1. The van der Waals surface area contributed by atoms with E-state index in [2.05, 4.69) is 10.3 Å². The van der Waals surface area contributed by atoms with Crippen LogP contribution < -0.4 is 0 Å². The molecule has 44 heavy (non-hydrogen) atoms. The lowest BCUT2D eigenvalue weighted by Crippen LogP contribution is -2.58. The molecule has 5 heterocycles. The van der Waals surface area contributed by atoms with Crippen molar-refractivity contribution in [1.82, 2.24) is 24.8 Å². The molecule has 0 radical (unpaired) electrons. The summed E-state index contributed by atoms with van der Waals surface area (Å²) < 4.78 is 14.0. The molecule has 2 fully saturated rings. The topological polar surface area (TPSA) is 127 Å². The van der Waals surface area contributed by atoms with Crippen molar-refractivity contribution in [3.63, 3.8) is 0 Å². The fourth-order valence-electron chi connectivity index (χ4n) is 7.24. The number of fused-ring (bicyclic) bond motifs is 3. The number of carbonyl (C=O) groups excluding carboxylic acids is 3. The van der Waals surface area contributed by atoms with Crippen LogP contribution in [0.2, 0.25) is 0 Å². The van der Waals surface area contributed by atoms with E-state index < -0.39 is 47.5 Å². The van der Waals surface area contributed by atoms with Crippen molar-refractivity contribution in [2.24, 2.45) is 11.8 Å². The Morgan fingerprint density at radius 3 is 2.66 bits per heavy atom. The molecule has 11 nitrogen and oxygen atoms in total. The van der Waals surface area contributed by atoms with Crippen molar-refractivity contribution in [1.29, 1.82) is 0 Å². The standard InChI is InChI=1S/C33H35N5O6/c39-20-23(19-22-11-4-3-5-12-22)38-29-31(41)36(21-37-25-14-8-7-13-24(25)34-35-37)17-10-16-33(29)28(30(38)40)27-26(44-33)15-6-1-2-9-18-43-32(27)42/h3-8,10-16,23,26-29,39H,1-2,9,17-21H2/b15-6-/t23-,26-,27+,28+,29?,33+/m1/s1. The van der Waals surface area contributed by atoms with Crippen LogP contribution in [0.25, 0.3) is 11.0 Å². The summed E-state index contributed by atoms with van der Waals surface area (Å²) in [6.07, 6.45) is 9.43. The van der Waals surface area contributed by atoms with Crippen molar-refractivity contribution in [2.75, 3.05) is 19.8 Å². The predicted molar refractivity (Wildman–Crippen MR) is 159 cm³/mol. The molecule has 0 aliphatic carbocycles. The van der Waals surface area contributed by atoms with Crippen LogP contribution in [-0.2, 0) is 36.9 Å². The van der Waals surface area contributed by atoms with Crippen LogP contribution in [0.15, 0.2) is 78.9 Å². The maximum atomic E-state index is 14.7. The largest absolute Gasteiger partial charge is 0.465 e. The highest BCUT2D eigenvalue weighted by molar-refractivity contribution is 5.99. The molecular formula is C33H35N5O6. The second kappa shape index (κ2) is 11.6. The van der Waals surface area contributed by atoms with Crippen LogP contribution >= 0.6 is 0 Å². The average Bonchev–Trinajstić information content (AvgIpc) is 3.64. The van der Waals surface area contributed by atoms with E-state index in [0.29, 0.717) is 11.9 Å². The van der Waals surface area contributed by atoms with E-state index >= 15 is 0 Å². The molecule has 1 aromatic heterocycles. The number of likely N-dealkylation sites (tertiary alicyclic amines) is 1. The number of amides is 2. The number of aliphatic hydroxyl groups is 1. The van der Waals surface area contributed by atoms with Crippen molar-refractivity contribution >= 4 is 28.8 Å². The zero-order valence-corrected chi connectivity index (χ0v) is 24.3. The van der Waals surface area contributed by atoms with Crippen LogP contribution in [-0.4, -0.2) is 91.2 Å². The summed E-state index contributed by atoms with van der Waals surface area (Å²) in [5.41, 5.74) is 0.959. The summed E-state index contributed by atoms with van der Waals surface area (Å²) in [5, 5.41) is 19.2. The van der Waals surface area contributed by atoms with Gasteiger partial charge in [0.15, 0.2) is 0 Å². The molecule has 0 saturated carbocycles. The Labute approximate surface area is 254 Å². The third-order valence-electron chi connectivity index (χ3n) is 9.27. The third kappa shape index (κ3) is 4.71. The lowest BCUT2D eigenvalue weighted by atomic mass is 9.78. The van der Waals surface area contributed by atoms with E-state index in [0.717, 1.165) is 30.3 Å². The van der Waals surface area contributed by atoms with Gasteiger partial charge in [0.05, 0.1) is 36.8 Å². The lowest BCUT2D eigenvalue weighted by molar-refractivity contribution is -0.156. The van der Waals surface area contributed by atoms with Gasteiger partial charge in [-0.25, -0.2) is 4.68 Å². The zero-order valence-electron chi connectivity index (χ0n) is 24.3. The quantitative estimate of drug-likeness (QED) is 0.339. The Morgan fingerprint density at radius 2 is 1.82 bits per heavy atom. The Kier molecular flexibility index (Phi) is 7.51. The summed E-state index contributed by atoms with van der Waals surface area (Å²) in [7, 11) is 0. The number of esters is 1. The number of nitrogens with zero attached hydrogens (tertiary/aromatic N) is 5. The molecule has 0 bridgehead atoms. The summed E-state index contributed by atoms with van der Waals surface area (Å²) in [5.74, 6) is -3.17. The molecule has 2 aromatic carbocycles. The number of aliphatic hydroxyl groups excluding tert-OH is 1. The van der Waals surface area contributed by atoms with Gasteiger partial charge in [0.25, 0.3) is 5.91 Å². The minimum Gasteiger partial charge on any atom is -0.465 e. The normalized spacial score (nSPS) is 30.0. The van der Waals surface area contributed by atoms with E-state index in [1.54, 1.807) is 15.7 Å². The third-order valence-corrected chi connectivity index (χ3v) is 9.27. The van der Waals surface area contributed by atoms with Gasteiger partial charge in [-0.15, -0.1) is 5.10 Å². The summed E-state index contributed by atoms with van der Waals surface area (Å²) >= 11 is 0. The van der Waals surface area contributed by atoms with Gasteiger partial charge in [0.1, 0.15) is 29.7 Å². The second-order valence-corrected chi connectivity index (χ2v) is 11.9. The molecule has 4 aliphatic rings. The fraction of sp³-hybridized carbons (Fsp3) is 0.424. The molecule has 4 aliphatic heterocycles. The van der Waals surface area contributed by atoms with Crippen LogP contribution in [0.3, 0.4) is 0 Å². The molecule has 11 heteroatoms. The van der Waals surface area contributed by atoms with Gasteiger partial charge in [0.2, 0.25) is 5.91 Å². The maximum Gasteiger partial charge on any atom is 0.312 e. The molecule has 1 spiro atoms. The predicted octanol–water partition coefficient (Wildman–Crippen LogP) is 2.25. The molecule has 2 amide bonds. The number of carbonyl (C=O) groups is 3. The van der Waals surface area contributed by atoms with Gasteiger partial charge in [-0.3, -0.25) is 14.4 Å². The number of allylic oxidation sites excluding steroid dienone is 1. The number of benzene rings is 2. The lowest BCUT2D eigenvalue weighted by Gasteiger charge is -2.38. The Balaban J connectivity index is 1.31. The number of hydrogen-bond donors (Lipinski definition) is 1. The number of para-hydroxylation sites is 1. The van der Waals surface area contributed by atoms with Gasteiger partial charge in [-0.05, 0) is 43.4 Å². The van der Waals surface area contributed by atoms with E-state index in [9.17, 15) is 19.5 Å². The van der Waals surface area contributed by atoms with E-state index in [-0.39, 0.29) is 32.3 Å². The van der Waals surface area contributed by atoms with Crippen LogP contribution in [0, 0.1) is 11.8 Å². The Hall–Kier alpha value is -4.35. The molecule has 6 atom stereocenters. The zero-order chi connectivity index (χ0) is 30.3. The molecule has 228 valence electrons. The first-order valence-electron chi connectivity index (χ1n) is 15.2. The van der Waals surface area contributed by atoms with Crippen molar-refractivity contribution in [3.05, 3.63) is 84.5 Å². The first-order valence-corrected chi connectivity index (χ1v) is 15.2. The first-order chi connectivity index (χ1) is 21.5.